The van der Waals surface area contributed by atoms with E-state index < -0.39 is 5.41 Å². The fourth-order valence-electron chi connectivity index (χ4n) is 8.67. The number of fused-ring (bicyclic) bond motifs is 1. The molecule has 0 fully saturated rings. The van der Waals surface area contributed by atoms with Gasteiger partial charge in [0, 0.05) is 0 Å². The van der Waals surface area contributed by atoms with Crippen molar-refractivity contribution >= 4 is 11.1 Å². The van der Waals surface area contributed by atoms with Gasteiger partial charge in [0.25, 0.3) is 0 Å². The predicted octanol–water partition coefficient (Wildman–Crippen LogP) is 15.1. The van der Waals surface area contributed by atoms with Gasteiger partial charge >= 0.3 is 0 Å². The average molecular weight is 729 g/mol. The van der Waals surface area contributed by atoms with Crippen molar-refractivity contribution in [1.82, 2.24) is 0 Å². The lowest BCUT2D eigenvalue weighted by molar-refractivity contribution is 0.762. The highest BCUT2D eigenvalue weighted by molar-refractivity contribution is 5.92. The van der Waals surface area contributed by atoms with Crippen molar-refractivity contribution in [2.45, 2.75) is 19.3 Å². The van der Waals surface area contributed by atoms with E-state index in [-0.39, 0.29) is 0 Å². The van der Waals surface area contributed by atoms with Gasteiger partial charge in [0.15, 0.2) is 0 Å². The van der Waals surface area contributed by atoms with Crippen LogP contribution in [0, 0.1) is 6.92 Å². The highest BCUT2D eigenvalue weighted by atomic mass is 14.5. The van der Waals surface area contributed by atoms with Crippen LogP contribution < -0.4 is 0 Å². The van der Waals surface area contributed by atoms with Gasteiger partial charge in [-0.15, -0.1) is 0 Å². The number of hydrogen-bond acceptors (Lipinski definition) is 0. The second kappa shape index (κ2) is 15.3. The number of benzene rings is 8. The molecule has 9 rings (SSSR count). The quantitative estimate of drug-likeness (QED) is 0.130. The lowest BCUT2D eigenvalue weighted by atomic mass is 9.66. The van der Waals surface area contributed by atoms with Gasteiger partial charge in [0.2, 0.25) is 0 Å². The van der Waals surface area contributed by atoms with Crippen LogP contribution in [0.5, 0.6) is 0 Å². The molecule has 8 aromatic rings. The van der Waals surface area contributed by atoms with E-state index in [4.69, 9.17) is 0 Å². The molecule has 1 atom stereocenters. The molecule has 0 amide bonds. The van der Waals surface area contributed by atoms with Crippen LogP contribution in [0.4, 0.5) is 0 Å². The van der Waals surface area contributed by atoms with Gasteiger partial charge in [-0.25, -0.2) is 0 Å². The van der Waals surface area contributed by atoms with Crippen molar-refractivity contribution in [3.8, 4) is 44.5 Å². The Bertz CT molecular complexity index is 2730. The van der Waals surface area contributed by atoms with Crippen molar-refractivity contribution in [1.29, 1.82) is 0 Å². The lowest BCUT2D eigenvalue weighted by Crippen LogP contribution is -2.29. The predicted molar refractivity (Wildman–Crippen MR) is 243 cm³/mol. The molecular weight excluding hydrogens is 685 g/mol. The van der Waals surface area contributed by atoms with E-state index in [0.717, 1.165) is 11.1 Å². The monoisotopic (exact) mass is 728 g/mol. The van der Waals surface area contributed by atoms with E-state index in [1.165, 1.54) is 83.5 Å². The average Bonchev–Trinajstić information content (AvgIpc) is 3.53. The van der Waals surface area contributed by atoms with Crippen LogP contribution in [0.15, 0.2) is 231 Å². The molecule has 0 spiro atoms. The van der Waals surface area contributed by atoms with E-state index in [1.807, 2.05) is 6.08 Å². The number of hydrogen-bond donors (Lipinski definition) is 0. The van der Waals surface area contributed by atoms with E-state index >= 15 is 0 Å². The van der Waals surface area contributed by atoms with Gasteiger partial charge in [0.05, 0.1) is 5.41 Å². The fourth-order valence-corrected chi connectivity index (χ4v) is 8.67. The molecule has 0 radical (unpaired) electrons. The van der Waals surface area contributed by atoms with Crippen LogP contribution in [-0.2, 0) is 5.41 Å². The first kappa shape index (κ1) is 35.7. The van der Waals surface area contributed by atoms with Gasteiger partial charge in [-0.05, 0) is 115 Å². The molecule has 57 heavy (non-hydrogen) atoms. The van der Waals surface area contributed by atoms with Crippen LogP contribution in [-0.4, -0.2) is 0 Å². The smallest absolute Gasteiger partial charge is 0.0710 e. The second-order valence-corrected chi connectivity index (χ2v) is 15.0. The van der Waals surface area contributed by atoms with Crippen LogP contribution in [0.25, 0.3) is 55.7 Å². The number of aryl methyl sites for hydroxylation is 1. The maximum Gasteiger partial charge on any atom is 0.0710 e. The molecule has 8 aromatic carbocycles. The molecule has 0 nitrogen and oxygen atoms in total. The molecule has 0 N–H and O–H groups in total. The van der Waals surface area contributed by atoms with E-state index in [9.17, 15) is 0 Å². The third-order valence-corrected chi connectivity index (χ3v) is 11.7. The van der Waals surface area contributed by atoms with Crippen LogP contribution in [0.3, 0.4) is 0 Å². The molecular formula is C57H44. The summed E-state index contributed by atoms with van der Waals surface area (Å²) in [5, 5.41) is 0. The minimum Gasteiger partial charge on any atom is -0.0984 e. The van der Waals surface area contributed by atoms with Crippen LogP contribution in [0.2, 0.25) is 0 Å². The van der Waals surface area contributed by atoms with Crippen molar-refractivity contribution in [3.63, 3.8) is 0 Å². The van der Waals surface area contributed by atoms with Crippen molar-refractivity contribution in [2.75, 3.05) is 0 Å². The summed E-state index contributed by atoms with van der Waals surface area (Å²) in [5.74, 6) is 0. The zero-order valence-electron chi connectivity index (χ0n) is 32.5. The molecule has 1 aliphatic carbocycles. The normalized spacial score (nSPS) is 15.0. The zero-order chi connectivity index (χ0) is 38.8. The Morgan fingerprint density at radius 2 is 0.825 bits per heavy atom. The summed E-state index contributed by atoms with van der Waals surface area (Å²) in [6, 6.07) is 75.3. The van der Waals surface area contributed by atoms with Gasteiger partial charge in [-0.2, -0.15) is 0 Å². The Hall–Kier alpha value is -7.02. The minimum absolute atomic E-state index is 0.593. The number of rotatable bonds is 9. The van der Waals surface area contributed by atoms with Gasteiger partial charge in [-0.1, -0.05) is 218 Å². The lowest BCUT2D eigenvalue weighted by Gasteiger charge is -2.35. The van der Waals surface area contributed by atoms with E-state index in [2.05, 4.69) is 233 Å². The Morgan fingerprint density at radius 3 is 1.35 bits per heavy atom. The molecule has 1 aliphatic rings. The van der Waals surface area contributed by atoms with E-state index in [0.29, 0.717) is 0 Å². The molecule has 0 saturated heterocycles. The third-order valence-electron chi connectivity index (χ3n) is 11.7. The molecule has 0 heterocycles. The molecule has 272 valence electrons. The second-order valence-electron chi connectivity index (χ2n) is 15.0. The highest BCUT2D eigenvalue weighted by Crippen LogP contribution is 2.56. The summed E-state index contributed by atoms with van der Waals surface area (Å²) >= 11 is 0. The van der Waals surface area contributed by atoms with Crippen molar-refractivity contribution < 1.29 is 0 Å². The molecule has 0 bridgehead atoms. The van der Waals surface area contributed by atoms with E-state index in [1.54, 1.807) is 0 Å². The van der Waals surface area contributed by atoms with Gasteiger partial charge in [0.1, 0.15) is 0 Å². The molecule has 0 heteroatoms. The topological polar surface area (TPSA) is 0 Å². The summed E-state index contributed by atoms with van der Waals surface area (Å²) in [6.07, 6.45) is 4.41. The minimum atomic E-state index is -0.593. The fraction of sp³-hybridized carbons (Fsp3) is 0.0526. The highest BCUT2D eigenvalue weighted by Gasteiger charge is 2.46. The van der Waals surface area contributed by atoms with Crippen LogP contribution >= 0.6 is 0 Å². The SMILES string of the molecule is C=C/C(=C\C1=C(C)c2ccc(-c3ccc(-c4ccccc4)cc3)cc2C1(c1ccccc1)c1ccc(-c2ccc(C)cc2)cc1)c1ccc(-c2ccccc2)cc1. The van der Waals surface area contributed by atoms with Crippen LogP contribution in [0.1, 0.15) is 40.3 Å². The molecule has 0 saturated carbocycles. The summed E-state index contributed by atoms with van der Waals surface area (Å²) in [6.45, 7) is 8.80. The third kappa shape index (κ3) is 6.60. The largest absolute Gasteiger partial charge is 0.0984 e. The Balaban J connectivity index is 1.23. The Labute approximate surface area is 337 Å². The first-order chi connectivity index (χ1) is 28.0. The summed E-state index contributed by atoms with van der Waals surface area (Å²) < 4.78 is 0. The summed E-state index contributed by atoms with van der Waals surface area (Å²) in [7, 11) is 0. The Morgan fingerprint density at radius 1 is 0.421 bits per heavy atom. The van der Waals surface area contributed by atoms with Gasteiger partial charge in [-0.3, -0.25) is 0 Å². The Kier molecular flexibility index (Phi) is 9.54. The summed E-state index contributed by atoms with van der Waals surface area (Å²) in [4.78, 5) is 0. The zero-order valence-corrected chi connectivity index (χ0v) is 32.5. The van der Waals surface area contributed by atoms with Crippen molar-refractivity contribution in [2.24, 2.45) is 0 Å². The number of allylic oxidation sites excluding steroid dienone is 5. The molecule has 0 aliphatic heterocycles. The molecule has 1 unspecified atom stereocenters. The molecule has 0 aromatic heterocycles. The summed E-state index contributed by atoms with van der Waals surface area (Å²) in [5.41, 5.74) is 20.1. The first-order valence-electron chi connectivity index (χ1n) is 19.8. The standard InChI is InChI=1S/C57H44/c1-4-42(45-24-26-47(27-25-45)43-14-8-5-9-15-43)38-55-41(3)54-37-34-51(50-30-28-48(29-31-50)44-16-10-6-11-17-44)39-56(54)57(55,52-18-12-7-13-19-52)53-35-32-49(33-36-53)46-22-20-40(2)21-23-46/h4-39H,1H2,2-3H3/b42-38+. The maximum absolute atomic E-state index is 4.37. The first-order valence-corrected chi connectivity index (χ1v) is 19.8. The van der Waals surface area contributed by atoms with Gasteiger partial charge < -0.3 is 0 Å². The van der Waals surface area contributed by atoms with Crippen molar-refractivity contribution in [3.05, 3.63) is 264 Å². The maximum atomic E-state index is 4.37.